The van der Waals surface area contributed by atoms with E-state index in [4.69, 9.17) is 16.9 Å². The number of aromatic nitrogens is 1. The van der Waals surface area contributed by atoms with Crippen LogP contribution in [0.25, 0.3) is 0 Å². The van der Waals surface area contributed by atoms with Crippen LogP contribution in [0.1, 0.15) is 17.7 Å². The summed E-state index contributed by atoms with van der Waals surface area (Å²) in [7, 11) is 0. The first kappa shape index (κ1) is 9.81. The Morgan fingerprint density at radius 1 is 1.54 bits per heavy atom. The van der Waals surface area contributed by atoms with Crippen LogP contribution in [0.3, 0.4) is 0 Å². The number of nitriles is 1. The summed E-state index contributed by atoms with van der Waals surface area (Å²) in [6, 6.07) is 2.15. The normalized spacial score (nSPS) is 10.2. The standard InChI is InChI=1S/C7H2ClF3N2/c8-4-1-5(9)13-6(7(10)11)3(4)2-12/h1,7H. The number of alkyl halides is 2. The molecule has 1 aromatic rings. The highest BCUT2D eigenvalue weighted by Crippen LogP contribution is 2.26. The lowest BCUT2D eigenvalue weighted by Crippen LogP contribution is -1.98. The van der Waals surface area contributed by atoms with Gasteiger partial charge in [0.1, 0.15) is 11.8 Å². The van der Waals surface area contributed by atoms with Crippen molar-refractivity contribution < 1.29 is 13.2 Å². The van der Waals surface area contributed by atoms with Gasteiger partial charge in [0.15, 0.2) is 0 Å². The highest BCUT2D eigenvalue weighted by atomic mass is 35.5. The van der Waals surface area contributed by atoms with Crippen molar-refractivity contribution in [3.63, 3.8) is 0 Å². The van der Waals surface area contributed by atoms with Gasteiger partial charge in [-0.05, 0) is 0 Å². The molecule has 0 bridgehead atoms. The molecule has 0 radical (unpaired) electrons. The smallest absolute Gasteiger partial charge is 0.217 e. The van der Waals surface area contributed by atoms with Crippen molar-refractivity contribution in [3.05, 3.63) is 28.3 Å². The van der Waals surface area contributed by atoms with Gasteiger partial charge in [-0.2, -0.15) is 9.65 Å². The molecule has 0 aromatic carbocycles. The van der Waals surface area contributed by atoms with Crippen molar-refractivity contribution in [1.29, 1.82) is 5.26 Å². The second-order valence-corrected chi connectivity index (χ2v) is 2.51. The highest BCUT2D eigenvalue weighted by Gasteiger charge is 2.19. The Labute approximate surface area is 76.6 Å². The van der Waals surface area contributed by atoms with Crippen molar-refractivity contribution in [2.45, 2.75) is 6.43 Å². The zero-order valence-electron chi connectivity index (χ0n) is 6.06. The molecular weight excluding hydrogens is 205 g/mol. The molecule has 0 aliphatic heterocycles. The fraction of sp³-hybridized carbons (Fsp3) is 0.143. The third-order valence-corrected chi connectivity index (χ3v) is 1.58. The van der Waals surface area contributed by atoms with E-state index in [1.165, 1.54) is 6.07 Å². The molecule has 0 spiro atoms. The molecule has 0 unspecified atom stereocenters. The molecule has 0 amide bonds. The van der Waals surface area contributed by atoms with E-state index in [2.05, 4.69) is 4.98 Å². The van der Waals surface area contributed by atoms with Gasteiger partial charge in [0, 0.05) is 6.07 Å². The Morgan fingerprint density at radius 3 is 2.62 bits per heavy atom. The lowest BCUT2D eigenvalue weighted by molar-refractivity contribution is 0.144. The van der Waals surface area contributed by atoms with Crippen LogP contribution in [0.2, 0.25) is 5.02 Å². The monoisotopic (exact) mass is 206 g/mol. The predicted molar refractivity (Wildman–Crippen MR) is 38.9 cm³/mol. The van der Waals surface area contributed by atoms with E-state index < -0.39 is 23.6 Å². The minimum absolute atomic E-state index is 0.356. The lowest BCUT2D eigenvalue weighted by Gasteiger charge is -2.02. The summed E-state index contributed by atoms with van der Waals surface area (Å²) in [5, 5.41) is 8.05. The molecule has 0 saturated carbocycles. The molecule has 0 aliphatic carbocycles. The molecule has 1 heterocycles. The Morgan fingerprint density at radius 2 is 2.15 bits per heavy atom. The first-order valence-corrected chi connectivity index (χ1v) is 3.48. The van der Waals surface area contributed by atoms with Crippen molar-refractivity contribution in [1.82, 2.24) is 4.98 Å². The predicted octanol–water partition coefficient (Wildman–Crippen LogP) is 2.68. The summed E-state index contributed by atoms with van der Waals surface area (Å²) in [5.74, 6) is -1.13. The Hall–Kier alpha value is -1.28. The molecule has 1 rings (SSSR count). The van der Waals surface area contributed by atoms with Crippen molar-refractivity contribution in [3.8, 4) is 6.07 Å². The second-order valence-electron chi connectivity index (χ2n) is 2.10. The number of pyridine rings is 1. The maximum atomic E-state index is 12.5. The van der Waals surface area contributed by atoms with Crippen molar-refractivity contribution >= 4 is 11.6 Å². The summed E-state index contributed by atoms with van der Waals surface area (Å²) in [4.78, 5) is 2.88. The Kier molecular flexibility index (Phi) is 2.73. The molecular formula is C7H2ClF3N2. The first-order chi connectivity index (χ1) is 6.06. The average Bonchev–Trinajstić information content (AvgIpc) is 2.02. The van der Waals surface area contributed by atoms with E-state index in [-0.39, 0.29) is 5.02 Å². The summed E-state index contributed by atoms with van der Waals surface area (Å²) in [6.45, 7) is 0. The molecule has 0 aliphatic rings. The minimum atomic E-state index is -3.01. The van der Waals surface area contributed by atoms with Gasteiger partial charge in [-0.25, -0.2) is 13.8 Å². The quantitative estimate of drug-likeness (QED) is 0.663. The highest BCUT2D eigenvalue weighted by molar-refractivity contribution is 6.31. The second kappa shape index (κ2) is 3.62. The number of halogens is 4. The van der Waals surface area contributed by atoms with Crippen LogP contribution in [0.5, 0.6) is 0 Å². The maximum Gasteiger partial charge on any atom is 0.281 e. The fourth-order valence-corrected chi connectivity index (χ4v) is 1.00. The van der Waals surface area contributed by atoms with Gasteiger partial charge < -0.3 is 0 Å². The minimum Gasteiger partial charge on any atom is -0.217 e. The van der Waals surface area contributed by atoms with Gasteiger partial charge in [-0.1, -0.05) is 11.6 Å². The molecule has 0 atom stereocenters. The molecule has 0 N–H and O–H groups in total. The Balaban J connectivity index is 3.41. The van der Waals surface area contributed by atoms with Gasteiger partial charge >= 0.3 is 0 Å². The molecule has 2 nitrogen and oxygen atoms in total. The zero-order valence-corrected chi connectivity index (χ0v) is 6.82. The number of hydrogen-bond donors (Lipinski definition) is 0. The van der Waals surface area contributed by atoms with Gasteiger partial charge in [0.2, 0.25) is 5.95 Å². The molecule has 6 heteroatoms. The summed E-state index contributed by atoms with van der Waals surface area (Å²) in [6.07, 6.45) is -3.01. The van der Waals surface area contributed by atoms with E-state index >= 15 is 0 Å². The summed E-state index contributed by atoms with van der Waals surface area (Å²) < 4.78 is 36.7. The number of rotatable bonds is 1. The van der Waals surface area contributed by atoms with Crippen LogP contribution in [-0.4, -0.2) is 4.98 Å². The zero-order chi connectivity index (χ0) is 10.0. The van der Waals surface area contributed by atoms with Crippen LogP contribution in [0.4, 0.5) is 13.2 Å². The molecule has 0 saturated heterocycles. The maximum absolute atomic E-state index is 12.5. The van der Waals surface area contributed by atoms with Crippen LogP contribution in [0, 0.1) is 17.3 Å². The number of nitrogens with zero attached hydrogens (tertiary/aromatic N) is 2. The fourth-order valence-electron chi connectivity index (χ4n) is 0.771. The van der Waals surface area contributed by atoms with E-state index in [0.29, 0.717) is 6.07 Å². The van der Waals surface area contributed by atoms with Crippen molar-refractivity contribution in [2.75, 3.05) is 0 Å². The third kappa shape index (κ3) is 1.90. The SMILES string of the molecule is N#Cc1c(Cl)cc(F)nc1C(F)F. The van der Waals surface area contributed by atoms with Gasteiger partial charge in [0.05, 0.1) is 10.6 Å². The van der Waals surface area contributed by atoms with Crippen LogP contribution >= 0.6 is 11.6 Å². The van der Waals surface area contributed by atoms with E-state index in [9.17, 15) is 13.2 Å². The Bertz CT molecular complexity index is 373. The first-order valence-electron chi connectivity index (χ1n) is 3.10. The van der Waals surface area contributed by atoms with Gasteiger partial charge in [-0.3, -0.25) is 0 Å². The van der Waals surface area contributed by atoms with E-state index in [1.54, 1.807) is 0 Å². The van der Waals surface area contributed by atoms with Gasteiger partial charge in [-0.15, -0.1) is 0 Å². The van der Waals surface area contributed by atoms with E-state index in [0.717, 1.165) is 0 Å². The molecule has 13 heavy (non-hydrogen) atoms. The molecule has 1 aromatic heterocycles. The largest absolute Gasteiger partial charge is 0.281 e. The molecule has 68 valence electrons. The van der Waals surface area contributed by atoms with Crippen LogP contribution in [0.15, 0.2) is 6.07 Å². The average molecular weight is 207 g/mol. The number of hydrogen-bond acceptors (Lipinski definition) is 2. The topological polar surface area (TPSA) is 36.7 Å². The lowest BCUT2D eigenvalue weighted by atomic mass is 10.2. The summed E-state index contributed by atoms with van der Waals surface area (Å²) >= 11 is 5.34. The summed E-state index contributed by atoms with van der Waals surface area (Å²) in [5.41, 5.74) is -1.41. The van der Waals surface area contributed by atoms with Gasteiger partial charge in [0.25, 0.3) is 6.43 Å². The van der Waals surface area contributed by atoms with Crippen molar-refractivity contribution in [2.24, 2.45) is 0 Å². The third-order valence-electron chi connectivity index (χ3n) is 1.29. The van der Waals surface area contributed by atoms with Crippen LogP contribution < -0.4 is 0 Å². The molecule has 0 fully saturated rings. The van der Waals surface area contributed by atoms with E-state index in [1.807, 2.05) is 0 Å². The van der Waals surface area contributed by atoms with Crippen LogP contribution in [-0.2, 0) is 0 Å².